The second-order valence-electron chi connectivity index (χ2n) is 6.11. The molecule has 0 bridgehead atoms. The van der Waals surface area contributed by atoms with Crippen molar-refractivity contribution in [2.75, 3.05) is 23.3 Å². The van der Waals surface area contributed by atoms with Crippen molar-refractivity contribution in [3.8, 4) is 0 Å². The van der Waals surface area contributed by atoms with Crippen molar-refractivity contribution in [2.45, 2.75) is 32.7 Å². The second kappa shape index (κ2) is 7.18. The molecule has 8 nitrogen and oxygen atoms in total. The van der Waals surface area contributed by atoms with Crippen LogP contribution in [0, 0.1) is 13.8 Å². The quantitative estimate of drug-likeness (QED) is 0.852. The van der Waals surface area contributed by atoms with E-state index in [2.05, 4.69) is 30.4 Å². The minimum atomic E-state index is -0.580. The minimum absolute atomic E-state index is 0.142. The Morgan fingerprint density at radius 1 is 1.24 bits per heavy atom. The van der Waals surface area contributed by atoms with E-state index >= 15 is 0 Å². The third kappa shape index (κ3) is 4.14. The van der Waals surface area contributed by atoms with Gasteiger partial charge >= 0.3 is 0 Å². The number of nitrogens with two attached hydrogens (primary N) is 1. The zero-order chi connectivity index (χ0) is 18.0. The smallest absolute Gasteiger partial charge is 0.252 e. The summed E-state index contributed by atoms with van der Waals surface area (Å²) in [6.45, 7) is 5.56. The number of aromatic nitrogens is 4. The Balaban J connectivity index is 1.66. The summed E-state index contributed by atoms with van der Waals surface area (Å²) in [5, 5.41) is 11.2. The van der Waals surface area contributed by atoms with Gasteiger partial charge in [-0.3, -0.25) is 4.79 Å². The highest BCUT2D eigenvalue weighted by atomic mass is 35.5. The fraction of sp³-hybridized carbons (Fsp3) is 0.438. The number of nitrogens with zero attached hydrogens (tertiary/aromatic N) is 5. The minimum Gasteiger partial charge on any atom is -0.365 e. The summed E-state index contributed by atoms with van der Waals surface area (Å²) in [5.41, 5.74) is 6.60. The van der Waals surface area contributed by atoms with Crippen LogP contribution in [0.1, 0.15) is 34.7 Å². The van der Waals surface area contributed by atoms with Crippen LogP contribution in [0.2, 0.25) is 5.15 Å². The highest BCUT2D eigenvalue weighted by molar-refractivity contribution is 6.29. The molecule has 1 fully saturated rings. The lowest BCUT2D eigenvalue weighted by Gasteiger charge is -2.33. The predicted octanol–water partition coefficient (Wildman–Crippen LogP) is 1.72. The summed E-state index contributed by atoms with van der Waals surface area (Å²) in [7, 11) is 0. The Kier molecular flexibility index (Phi) is 4.98. The van der Waals surface area contributed by atoms with E-state index in [0.29, 0.717) is 5.82 Å². The molecule has 0 saturated carbocycles. The van der Waals surface area contributed by atoms with Crippen molar-refractivity contribution in [3.63, 3.8) is 0 Å². The molecule has 0 aromatic carbocycles. The van der Waals surface area contributed by atoms with Gasteiger partial charge in [0.05, 0.1) is 5.56 Å². The van der Waals surface area contributed by atoms with Gasteiger partial charge in [0.1, 0.15) is 11.6 Å². The van der Waals surface area contributed by atoms with E-state index in [1.165, 1.54) is 6.07 Å². The van der Waals surface area contributed by atoms with E-state index in [4.69, 9.17) is 17.3 Å². The Morgan fingerprint density at radius 2 is 1.96 bits per heavy atom. The van der Waals surface area contributed by atoms with Gasteiger partial charge in [0.25, 0.3) is 5.91 Å². The summed E-state index contributed by atoms with van der Waals surface area (Å²) in [6, 6.07) is 3.60. The van der Waals surface area contributed by atoms with Gasteiger partial charge in [0.15, 0.2) is 11.0 Å². The number of hydrogen-bond donors (Lipinski definition) is 2. The number of nitrogens with one attached hydrogen (secondary N) is 1. The van der Waals surface area contributed by atoms with E-state index in [-0.39, 0.29) is 16.8 Å². The number of aryl methyl sites for hydroxylation is 2. The van der Waals surface area contributed by atoms with Gasteiger partial charge in [0.2, 0.25) is 0 Å². The van der Waals surface area contributed by atoms with Crippen molar-refractivity contribution in [2.24, 2.45) is 5.73 Å². The number of piperidine rings is 1. The molecular formula is C16H20ClN7O. The summed E-state index contributed by atoms with van der Waals surface area (Å²) in [5.74, 6) is 1.53. The van der Waals surface area contributed by atoms with Crippen molar-refractivity contribution in [3.05, 3.63) is 34.4 Å². The first kappa shape index (κ1) is 17.3. The first-order chi connectivity index (χ1) is 11.9. The molecule has 25 heavy (non-hydrogen) atoms. The molecule has 3 N–H and O–H groups in total. The van der Waals surface area contributed by atoms with Crippen LogP contribution in [0.5, 0.6) is 0 Å². The van der Waals surface area contributed by atoms with Gasteiger partial charge in [-0.05, 0) is 32.8 Å². The van der Waals surface area contributed by atoms with E-state index in [1.54, 1.807) is 0 Å². The highest BCUT2D eigenvalue weighted by Gasteiger charge is 2.22. The normalized spacial score (nSPS) is 15.2. The Labute approximate surface area is 150 Å². The van der Waals surface area contributed by atoms with E-state index in [0.717, 1.165) is 43.3 Å². The fourth-order valence-corrected chi connectivity index (χ4v) is 3.11. The monoisotopic (exact) mass is 361 g/mol. The fourth-order valence-electron chi connectivity index (χ4n) is 2.97. The second-order valence-corrected chi connectivity index (χ2v) is 6.50. The maximum Gasteiger partial charge on any atom is 0.252 e. The largest absolute Gasteiger partial charge is 0.365 e. The molecule has 1 saturated heterocycles. The van der Waals surface area contributed by atoms with Gasteiger partial charge in [-0.1, -0.05) is 11.6 Å². The van der Waals surface area contributed by atoms with E-state index < -0.39 is 5.91 Å². The van der Waals surface area contributed by atoms with E-state index in [1.807, 2.05) is 19.9 Å². The molecule has 1 aliphatic heterocycles. The van der Waals surface area contributed by atoms with Crippen LogP contribution in [0.4, 0.5) is 11.6 Å². The van der Waals surface area contributed by atoms with Gasteiger partial charge in [0, 0.05) is 30.9 Å². The molecule has 1 amide bonds. The zero-order valence-electron chi connectivity index (χ0n) is 14.2. The standard InChI is InChI=1S/C16H20ClN7O/c1-9-7-14(20-10(2)19-9)24-5-3-11(4-6-24)21-16-12(15(18)25)8-13(17)22-23-16/h7-8,11H,3-6H2,1-2H3,(H2,18,25)(H,21,23). The van der Waals surface area contributed by atoms with Gasteiger partial charge in [-0.2, -0.15) is 0 Å². The maximum absolute atomic E-state index is 11.5. The third-order valence-electron chi connectivity index (χ3n) is 4.14. The SMILES string of the molecule is Cc1cc(N2CCC(Nc3nnc(Cl)cc3C(N)=O)CC2)nc(C)n1. The summed E-state index contributed by atoms with van der Waals surface area (Å²) >= 11 is 5.79. The van der Waals surface area contributed by atoms with Crippen LogP contribution in [-0.4, -0.2) is 45.2 Å². The molecule has 0 radical (unpaired) electrons. The molecule has 2 aromatic heterocycles. The van der Waals surface area contributed by atoms with Gasteiger partial charge in [-0.15, -0.1) is 10.2 Å². The highest BCUT2D eigenvalue weighted by Crippen LogP contribution is 2.22. The van der Waals surface area contributed by atoms with Crippen LogP contribution < -0.4 is 16.0 Å². The third-order valence-corrected chi connectivity index (χ3v) is 4.33. The van der Waals surface area contributed by atoms with Crippen molar-refractivity contribution in [1.29, 1.82) is 0 Å². The zero-order valence-corrected chi connectivity index (χ0v) is 14.9. The molecule has 132 valence electrons. The number of carbonyl (C=O) groups is 1. The lowest BCUT2D eigenvalue weighted by Crippen LogP contribution is -2.40. The molecule has 0 unspecified atom stereocenters. The number of amides is 1. The molecule has 3 heterocycles. The van der Waals surface area contributed by atoms with E-state index in [9.17, 15) is 4.79 Å². The molecule has 1 aliphatic rings. The van der Waals surface area contributed by atoms with Crippen molar-refractivity contribution >= 4 is 29.1 Å². The van der Waals surface area contributed by atoms with Crippen molar-refractivity contribution < 1.29 is 4.79 Å². The first-order valence-corrected chi connectivity index (χ1v) is 8.47. The number of hydrogen-bond acceptors (Lipinski definition) is 7. The average Bonchev–Trinajstić information content (AvgIpc) is 2.56. The number of rotatable bonds is 4. The Hall–Kier alpha value is -2.48. The Morgan fingerprint density at radius 3 is 2.60 bits per heavy atom. The first-order valence-electron chi connectivity index (χ1n) is 8.09. The van der Waals surface area contributed by atoms with Crippen LogP contribution in [0.25, 0.3) is 0 Å². The number of carbonyl (C=O) groups excluding carboxylic acids is 1. The van der Waals surface area contributed by atoms with Gasteiger partial charge in [-0.25, -0.2) is 9.97 Å². The number of primary amides is 1. The maximum atomic E-state index is 11.5. The van der Waals surface area contributed by atoms with Crippen LogP contribution in [0.3, 0.4) is 0 Å². The number of halogens is 1. The topological polar surface area (TPSA) is 110 Å². The molecule has 0 spiro atoms. The Bertz CT molecular complexity index is 770. The summed E-state index contributed by atoms with van der Waals surface area (Å²) < 4.78 is 0. The van der Waals surface area contributed by atoms with Crippen molar-refractivity contribution in [1.82, 2.24) is 20.2 Å². The number of anilines is 2. The van der Waals surface area contributed by atoms with Crippen LogP contribution >= 0.6 is 11.6 Å². The molecular weight excluding hydrogens is 342 g/mol. The van der Waals surface area contributed by atoms with Crippen LogP contribution in [0.15, 0.2) is 12.1 Å². The van der Waals surface area contributed by atoms with Crippen LogP contribution in [-0.2, 0) is 0 Å². The lowest BCUT2D eigenvalue weighted by molar-refractivity contribution is 0.100. The average molecular weight is 362 g/mol. The molecule has 2 aromatic rings. The molecule has 0 aliphatic carbocycles. The predicted molar refractivity (Wildman–Crippen MR) is 95.9 cm³/mol. The molecule has 0 atom stereocenters. The lowest BCUT2D eigenvalue weighted by atomic mass is 10.0. The van der Waals surface area contributed by atoms with Gasteiger partial charge < -0.3 is 16.0 Å². The molecule has 9 heteroatoms. The molecule has 3 rings (SSSR count). The summed E-state index contributed by atoms with van der Waals surface area (Å²) in [4.78, 5) is 22.6. The summed E-state index contributed by atoms with van der Waals surface area (Å²) in [6.07, 6.45) is 1.76.